The predicted octanol–water partition coefficient (Wildman–Crippen LogP) is 2.03. The summed E-state index contributed by atoms with van der Waals surface area (Å²) in [7, 11) is 0. The van der Waals surface area contributed by atoms with Gasteiger partial charge in [0, 0.05) is 32.4 Å². The van der Waals surface area contributed by atoms with E-state index in [0.29, 0.717) is 30.6 Å². The number of nitrogens with zero attached hydrogens (tertiary/aromatic N) is 4. The Labute approximate surface area is 146 Å². The first-order valence-electron chi connectivity index (χ1n) is 8.73. The van der Waals surface area contributed by atoms with Crippen LogP contribution in [0.3, 0.4) is 0 Å². The van der Waals surface area contributed by atoms with E-state index in [1.807, 2.05) is 17.3 Å². The molecule has 2 aliphatic heterocycles. The van der Waals surface area contributed by atoms with E-state index in [0.717, 1.165) is 37.9 Å². The van der Waals surface area contributed by atoms with E-state index in [9.17, 15) is 4.79 Å². The zero-order chi connectivity index (χ0) is 17.3. The summed E-state index contributed by atoms with van der Waals surface area (Å²) >= 11 is 0. The summed E-state index contributed by atoms with van der Waals surface area (Å²) in [5, 5.41) is 0. The topological polar surface area (TPSA) is 81.4 Å². The van der Waals surface area contributed by atoms with Gasteiger partial charge in [-0.2, -0.15) is 0 Å². The fourth-order valence-corrected chi connectivity index (χ4v) is 3.93. The molecule has 0 aromatic carbocycles. The highest BCUT2D eigenvalue weighted by Crippen LogP contribution is 2.39. The van der Waals surface area contributed by atoms with Crippen LogP contribution in [0.5, 0.6) is 0 Å². The first-order valence-corrected chi connectivity index (χ1v) is 8.73. The van der Waals surface area contributed by atoms with Crippen molar-refractivity contribution in [2.24, 2.45) is 5.92 Å². The molecule has 25 heavy (non-hydrogen) atoms. The lowest BCUT2D eigenvalue weighted by atomic mass is 9.84. The van der Waals surface area contributed by atoms with Crippen LogP contribution < -0.4 is 0 Å². The number of rotatable bonds is 3. The molecule has 7 nitrogen and oxygen atoms in total. The number of carbonyl (C=O) groups excluding carboxylic acids is 1. The molecule has 0 aliphatic carbocycles. The van der Waals surface area contributed by atoms with E-state index >= 15 is 0 Å². The molecule has 4 heterocycles. The highest BCUT2D eigenvalue weighted by molar-refractivity contribution is 5.92. The van der Waals surface area contributed by atoms with Crippen LogP contribution >= 0.6 is 0 Å². The fraction of sp³-hybridized carbons (Fsp3) is 0.556. The van der Waals surface area contributed by atoms with Crippen LogP contribution in [0.25, 0.3) is 0 Å². The third kappa shape index (κ3) is 3.42. The predicted molar refractivity (Wildman–Crippen MR) is 88.9 cm³/mol. The molecule has 2 aromatic rings. The summed E-state index contributed by atoms with van der Waals surface area (Å²) in [5.41, 5.74) is 1.46. The number of amides is 1. The number of ether oxygens (including phenoxy) is 1. The SMILES string of the molecule is Cc1nc(C(=O)N2CCC3(CC2)CC(Cc2cncnc2)CO3)co1. The van der Waals surface area contributed by atoms with Gasteiger partial charge < -0.3 is 14.1 Å². The summed E-state index contributed by atoms with van der Waals surface area (Å²) in [5.74, 6) is 0.956. The summed E-state index contributed by atoms with van der Waals surface area (Å²) in [6, 6.07) is 0. The molecule has 1 unspecified atom stereocenters. The van der Waals surface area contributed by atoms with Crippen LogP contribution in [0, 0.1) is 12.8 Å². The summed E-state index contributed by atoms with van der Waals surface area (Å²) in [4.78, 5) is 26.6. The lowest BCUT2D eigenvalue weighted by Crippen LogP contribution is -2.46. The van der Waals surface area contributed by atoms with Crippen molar-refractivity contribution < 1.29 is 13.9 Å². The van der Waals surface area contributed by atoms with Gasteiger partial charge in [0.2, 0.25) is 0 Å². The Kier molecular flexibility index (Phi) is 4.25. The quantitative estimate of drug-likeness (QED) is 0.849. The molecule has 7 heteroatoms. The van der Waals surface area contributed by atoms with E-state index in [1.165, 1.54) is 6.26 Å². The Morgan fingerprint density at radius 2 is 2.08 bits per heavy atom. The van der Waals surface area contributed by atoms with Gasteiger partial charge in [0.15, 0.2) is 11.6 Å². The number of aromatic nitrogens is 3. The Balaban J connectivity index is 1.33. The molecule has 0 N–H and O–H groups in total. The molecule has 4 rings (SSSR count). The Hall–Kier alpha value is -2.28. The van der Waals surface area contributed by atoms with Gasteiger partial charge in [-0.1, -0.05) is 0 Å². The van der Waals surface area contributed by atoms with Crippen LogP contribution in [0.2, 0.25) is 0 Å². The third-order valence-electron chi connectivity index (χ3n) is 5.22. The average Bonchev–Trinajstić information content (AvgIpc) is 3.23. The van der Waals surface area contributed by atoms with E-state index in [-0.39, 0.29) is 11.5 Å². The molecule has 0 radical (unpaired) electrons. The number of oxazole rings is 1. The van der Waals surface area contributed by atoms with Crippen molar-refractivity contribution >= 4 is 5.91 Å². The second-order valence-corrected chi connectivity index (χ2v) is 7.06. The average molecular weight is 342 g/mol. The zero-order valence-electron chi connectivity index (χ0n) is 14.4. The minimum atomic E-state index is -0.0865. The van der Waals surface area contributed by atoms with E-state index < -0.39 is 0 Å². The van der Waals surface area contributed by atoms with E-state index in [1.54, 1.807) is 13.3 Å². The van der Waals surface area contributed by atoms with Crippen molar-refractivity contribution in [3.63, 3.8) is 0 Å². The first kappa shape index (κ1) is 16.2. The molecule has 2 aliphatic rings. The number of hydrogen-bond donors (Lipinski definition) is 0. The van der Waals surface area contributed by atoms with Gasteiger partial charge in [0.25, 0.3) is 5.91 Å². The fourth-order valence-electron chi connectivity index (χ4n) is 3.93. The second-order valence-electron chi connectivity index (χ2n) is 7.06. The van der Waals surface area contributed by atoms with Gasteiger partial charge in [0.05, 0.1) is 12.2 Å². The first-order chi connectivity index (χ1) is 12.1. The van der Waals surface area contributed by atoms with E-state index in [2.05, 4.69) is 15.0 Å². The summed E-state index contributed by atoms with van der Waals surface area (Å²) < 4.78 is 11.3. The third-order valence-corrected chi connectivity index (χ3v) is 5.22. The van der Waals surface area contributed by atoms with Gasteiger partial charge in [-0.3, -0.25) is 4.79 Å². The van der Waals surface area contributed by atoms with Crippen LogP contribution in [0.1, 0.15) is 41.2 Å². The van der Waals surface area contributed by atoms with Gasteiger partial charge >= 0.3 is 0 Å². The zero-order valence-corrected chi connectivity index (χ0v) is 14.4. The molecule has 2 fully saturated rings. The second kappa shape index (κ2) is 6.55. The maximum Gasteiger partial charge on any atom is 0.275 e. The normalized spacial score (nSPS) is 22.4. The van der Waals surface area contributed by atoms with Crippen molar-refractivity contribution in [3.8, 4) is 0 Å². The Bertz CT molecular complexity index is 738. The van der Waals surface area contributed by atoms with Gasteiger partial charge in [-0.05, 0) is 37.2 Å². The monoisotopic (exact) mass is 342 g/mol. The smallest absolute Gasteiger partial charge is 0.275 e. The van der Waals surface area contributed by atoms with Crippen molar-refractivity contribution in [1.29, 1.82) is 0 Å². The molecular formula is C18H22N4O3. The molecule has 0 bridgehead atoms. The van der Waals surface area contributed by atoms with Crippen LogP contribution in [0.15, 0.2) is 29.4 Å². The maximum atomic E-state index is 12.5. The Morgan fingerprint density at radius 3 is 2.76 bits per heavy atom. The minimum absolute atomic E-state index is 0.0531. The van der Waals surface area contributed by atoms with Crippen molar-refractivity contribution in [2.75, 3.05) is 19.7 Å². The van der Waals surface area contributed by atoms with Gasteiger partial charge in [0.1, 0.15) is 12.6 Å². The molecule has 0 saturated carbocycles. The lowest BCUT2D eigenvalue weighted by molar-refractivity contribution is -0.0391. The van der Waals surface area contributed by atoms with E-state index in [4.69, 9.17) is 9.15 Å². The van der Waals surface area contributed by atoms with Crippen molar-refractivity contribution in [3.05, 3.63) is 42.1 Å². The molecule has 132 valence electrons. The number of aryl methyl sites for hydroxylation is 1. The van der Waals surface area contributed by atoms with Crippen LogP contribution in [0.4, 0.5) is 0 Å². The van der Waals surface area contributed by atoms with Crippen molar-refractivity contribution in [2.45, 2.75) is 38.2 Å². The molecule has 1 spiro atoms. The molecule has 2 saturated heterocycles. The van der Waals surface area contributed by atoms with Crippen LogP contribution in [-0.2, 0) is 11.2 Å². The number of carbonyl (C=O) groups is 1. The summed E-state index contributed by atoms with van der Waals surface area (Å²) in [6.45, 7) is 3.91. The molecule has 1 atom stereocenters. The maximum absolute atomic E-state index is 12.5. The largest absolute Gasteiger partial charge is 0.448 e. The number of piperidine rings is 1. The lowest BCUT2D eigenvalue weighted by Gasteiger charge is -2.38. The molecule has 1 amide bonds. The van der Waals surface area contributed by atoms with Gasteiger partial charge in [-0.15, -0.1) is 0 Å². The number of likely N-dealkylation sites (tertiary alicyclic amines) is 1. The minimum Gasteiger partial charge on any atom is -0.448 e. The highest BCUT2D eigenvalue weighted by Gasteiger charge is 2.43. The highest BCUT2D eigenvalue weighted by atomic mass is 16.5. The standard InChI is InChI=1S/C18H22N4O3/c1-13-21-16(11-24-13)17(23)22-4-2-18(3-5-22)7-14(10-25-18)6-15-8-19-12-20-9-15/h8-9,11-12,14H,2-7,10H2,1H3. The Morgan fingerprint density at radius 1 is 1.32 bits per heavy atom. The van der Waals surface area contributed by atoms with Gasteiger partial charge in [-0.25, -0.2) is 15.0 Å². The molecule has 2 aromatic heterocycles. The number of hydrogen-bond acceptors (Lipinski definition) is 6. The van der Waals surface area contributed by atoms with Crippen molar-refractivity contribution in [1.82, 2.24) is 19.9 Å². The molecular weight excluding hydrogens is 320 g/mol. The van der Waals surface area contributed by atoms with Crippen LogP contribution in [-0.4, -0.2) is 51.1 Å². The summed E-state index contributed by atoms with van der Waals surface area (Å²) in [6.07, 6.45) is 10.5.